The summed E-state index contributed by atoms with van der Waals surface area (Å²) in [5.41, 5.74) is 10.8. The third kappa shape index (κ3) is 2.74. The molecule has 1 aromatic rings. The van der Waals surface area contributed by atoms with Gasteiger partial charge < -0.3 is 16.6 Å². The molecular formula is C10H13FN2O2. The Bertz CT molecular complexity index is 368. The highest BCUT2D eigenvalue weighted by atomic mass is 19.1. The van der Waals surface area contributed by atoms with Crippen LogP contribution < -0.4 is 11.5 Å². The molecule has 0 spiro atoms. The van der Waals surface area contributed by atoms with Gasteiger partial charge in [-0.3, -0.25) is 4.79 Å². The van der Waals surface area contributed by atoms with E-state index < -0.39 is 17.8 Å². The van der Waals surface area contributed by atoms with Crippen molar-refractivity contribution in [3.8, 4) is 0 Å². The van der Waals surface area contributed by atoms with Gasteiger partial charge in [-0.05, 0) is 18.1 Å². The number of benzene rings is 1. The average Bonchev–Trinajstić information content (AvgIpc) is 2.17. The molecule has 15 heavy (non-hydrogen) atoms. The lowest BCUT2D eigenvalue weighted by atomic mass is 10.00. The summed E-state index contributed by atoms with van der Waals surface area (Å²) in [7, 11) is 0. The van der Waals surface area contributed by atoms with Crippen molar-refractivity contribution in [3.63, 3.8) is 0 Å². The second-order valence-corrected chi connectivity index (χ2v) is 3.28. The monoisotopic (exact) mass is 212 g/mol. The third-order valence-electron chi connectivity index (χ3n) is 2.06. The van der Waals surface area contributed by atoms with Gasteiger partial charge in [0.1, 0.15) is 5.82 Å². The number of hydrogen-bond acceptors (Lipinski definition) is 3. The molecular weight excluding hydrogens is 199 g/mol. The van der Waals surface area contributed by atoms with Crippen molar-refractivity contribution in [1.82, 2.24) is 0 Å². The first kappa shape index (κ1) is 11.6. The summed E-state index contributed by atoms with van der Waals surface area (Å²) in [6.45, 7) is -0.227. The Morgan fingerprint density at radius 1 is 1.53 bits per heavy atom. The Morgan fingerprint density at radius 3 is 2.73 bits per heavy atom. The van der Waals surface area contributed by atoms with Crippen LogP contribution in [0.5, 0.6) is 0 Å². The summed E-state index contributed by atoms with van der Waals surface area (Å²) in [4.78, 5) is 11.0. The van der Waals surface area contributed by atoms with Gasteiger partial charge in [0.05, 0.1) is 12.2 Å². The number of amides is 1. The van der Waals surface area contributed by atoms with E-state index in [0.29, 0.717) is 5.56 Å². The molecule has 5 N–H and O–H groups in total. The van der Waals surface area contributed by atoms with Crippen molar-refractivity contribution in [2.24, 2.45) is 11.5 Å². The fraction of sp³-hybridized carbons (Fsp3) is 0.300. The van der Waals surface area contributed by atoms with Crippen molar-refractivity contribution < 1.29 is 14.3 Å². The molecule has 1 aromatic carbocycles. The minimum Gasteiger partial charge on any atom is -0.395 e. The summed E-state index contributed by atoms with van der Waals surface area (Å²) in [6.07, 6.45) is 0.215. The van der Waals surface area contributed by atoms with Gasteiger partial charge in [-0.15, -0.1) is 0 Å². The lowest BCUT2D eigenvalue weighted by molar-refractivity contribution is 0.0995. The van der Waals surface area contributed by atoms with Crippen molar-refractivity contribution in [1.29, 1.82) is 0 Å². The van der Waals surface area contributed by atoms with Crippen LogP contribution in [0.4, 0.5) is 4.39 Å². The number of halogens is 1. The molecule has 0 radical (unpaired) electrons. The van der Waals surface area contributed by atoms with E-state index in [2.05, 4.69) is 0 Å². The SMILES string of the molecule is NC(=O)c1c(F)cccc1C[C@H](N)CO. The van der Waals surface area contributed by atoms with Crippen molar-refractivity contribution in [3.05, 3.63) is 35.1 Å². The van der Waals surface area contributed by atoms with Crippen LogP contribution >= 0.6 is 0 Å². The lowest BCUT2D eigenvalue weighted by Gasteiger charge is -2.11. The molecule has 0 heterocycles. The summed E-state index contributed by atoms with van der Waals surface area (Å²) in [5, 5.41) is 8.76. The highest BCUT2D eigenvalue weighted by molar-refractivity contribution is 5.94. The first-order valence-corrected chi connectivity index (χ1v) is 4.50. The molecule has 0 saturated heterocycles. The number of rotatable bonds is 4. The Labute approximate surface area is 86.7 Å². The zero-order valence-electron chi connectivity index (χ0n) is 8.11. The Morgan fingerprint density at radius 2 is 2.20 bits per heavy atom. The first-order valence-electron chi connectivity index (χ1n) is 4.50. The summed E-state index contributed by atoms with van der Waals surface area (Å²) in [5.74, 6) is -1.49. The quantitative estimate of drug-likeness (QED) is 0.645. The van der Waals surface area contributed by atoms with Crippen LogP contribution in [0.25, 0.3) is 0 Å². The topological polar surface area (TPSA) is 89.3 Å². The predicted molar refractivity (Wildman–Crippen MR) is 53.7 cm³/mol. The molecule has 0 aromatic heterocycles. The Hall–Kier alpha value is -1.46. The number of aliphatic hydroxyl groups excluding tert-OH is 1. The van der Waals surface area contributed by atoms with Gasteiger partial charge in [0.25, 0.3) is 5.91 Å². The van der Waals surface area contributed by atoms with Gasteiger partial charge in [-0.25, -0.2) is 4.39 Å². The van der Waals surface area contributed by atoms with Crippen LogP contribution in [0.1, 0.15) is 15.9 Å². The van der Waals surface area contributed by atoms with Crippen LogP contribution in [0.2, 0.25) is 0 Å². The normalized spacial score (nSPS) is 12.5. The number of hydrogen-bond donors (Lipinski definition) is 3. The third-order valence-corrected chi connectivity index (χ3v) is 2.06. The highest BCUT2D eigenvalue weighted by Gasteiger charge is 2.15. The Kier molecular flexibility index (Phi) is 3.76. The molecule has 1 rings (SSSR count). The average molecular weight is 212 g/mol. The summed E-state index contributed by atoms with van der Waals surface area (Å²) >= 11 is 0. The number of aliphatic hydroxyl groups is 1. The smallest absolute Gasteiger partial charge is 0.251 e. The molecule has 1 amide bonds. The molecule has 0 aliphatic heterocycles. The van der Waals surface area contributed by atoms with Crippen molar-refractivity contribution >= 4 is 5.91 Å². The molecule has 1 atom stereocenters. The van der Waals surface area contributed by atoms with Crippen molar-refractivity contribution in [2.45, 2.75) is 12.5 Å². The van der Waals surface area contributed by atoms with Gasteiger partial charge in [0.15, 0.2) is 0 Å². The molecule has 0 fully saturated rings. The second kappa shape index (κ2) is 4.86. The van der Waals surface area contributed by atoms with Crippen molar-refractivity contribution in [2.75, 3.05) is 6.61 Å². The summed E-state index contributed by atoms with van der Waals surface area (Å²) < 4.78 is 13.3. The minimum absolute atomic E-state index is 0.151. The van der Waals surface area contributed by atoms with Gasteiger partial charge in [-0.1, -0.05) is 12.1 Å². The number of primary amides is 1. The van der Waals surface area contributed by atoms with E-state index in [4.69, 9.17) is 16.6 Å². The van der Waals surface area contributed by atoms with Crippen LogP contribution in [0.15, 0.2) is 18.2 Å². The molecule has 4 nitrogen and oxygen atoms in total. The van der Waals surface area contributed by atoms with Crippen LogP contribution in [-0.4, -0.2) is 23.7 Å². The van der Waals surface area contributed by atoms with E-state index in [1.807, 2.05) is 0 Å². The number of carbonyl (C=O) groups excluding carboxylic acids is 1. The molecule has 0 aliphatic carbocycles. The van der Waals surface area contributed by atoms with Crippen LogP contribution in [-0.2, 0) is 6.42 Å². The summed E-state index contributed by atoms with van der Waals surface area (Å²) in [6, 6.07) is 3.68. The van der Waals surface area contributed by atoms with E-state index >= 15 is 0 Å². The molecule has 0 saturated carbocycles. The molecule has 0 aliphatic rings. The molecule has 5 heteroatoms. The van der Waals surface area contributed by atoms with Gasteiger partial charge in [-0.2, -0.15) is 0 Å². The van der Waals surface area contributed by atoms with E-state index in [0.717, 1.165) is 6.07 Å². The molecule has 0 bridgehead atoms. The zero-order valence-corrected chi connectivity index (χ0v) is 8.11. The second-order valence-electron chi connectivity index (χ2n) is 3.28. The van der Waals surface area contributed by atoms with Gasteiger partial charge >= 0.3 is 0 Å². The number of nitrogens with two attached hydrogens (primary N) is 2. The fourth-order valence-corrected chi connectivity index (χ4v) is 1.36. The maximum atomic E-state index is 13.3. The fourth-order valence-electron chi connectivity index (χ4n) is 1.36. The number of carbonyl (C=O) groups is 1. The molecule has 82 valence electrons. The van der Waals surface area contributed by atoms with Gasteiger partial charge in [0, 0.05) is 6.04 Å². The van der Waals surface area contributed by atoms with Gasteiger partial charge in [0.2, 0.25) is 0 Å². The Balaban J connectivity index is 3.06. The first-order chi connectivity index (χ1) is 7.06. The van der Waals surface area contributed by atoms with E-state index in [9.17, 15) is 9.18 Å². The molecule has 0 unspecified atom stereocenters. The van der Waals surface area contributed by atoms with E-state index in [1.165, 1.54) is 6.07 Å². The zero-order chi connectivity index (χ0) is 11.4. The van der Waals surface area contributed by atoms with E-state index in [-0.39, 0.29) is 18.6 Å². The highest BCUT2D eigenvalue weighted by Crippen LogP contribution is 2.14. The standard InChI is InChI=1S/C10H13FN2O2/c11-8-3-1-2-6(4-7(12)5-14)9(8)10(13)15/h1-3,7,14H,4-5,12H2,(H2,13,15)/t7-/m0/s1. The van der Waals surface area contributed by atoms with E-state index in [1.54, 1.807) is 6.07 Å². The minimum atomic E-state index is -0.826. The lowest BCUT2D eigenvalue weighted by Crippen LogP contribution is -2.28. The predicted octanol–water partition coefficient (Wildman–Crippen LogP) is -0.213. The van der Waals surface area contributed by atoms with Crippen LogP contribution in [0.3, 0.4) is 0 Å². The largest absolute Gasteiger partial charge is 0.395 e. The maximum absolute atomic E-state index is 13.3. The van der Waals surface area contributed by atoms with Crippen LogP contribution in [0, 0.1) is 5.82 Å². The maximum Gasteiger partial charge on any atom is 0.251 e.